The first kappa shape index (κ1) is 28.2. The largest absolute Gasteiger partial charge is 0.444 e. The minimum Gasteiger partial charge on any atom is -0.444 e. The van der Waals surface area contributed by atoms with E-state index in [4.69, 9.17) is 24.2 Å². The van der Waals surface area contributed by atoms with E-state index in [2.05, 4.69) is 52.1 Å². The van der Waals surface area contributed by atoms with Crippen molar-refractivity contribution in [3.63, 3.8) is 0 Å². The van der Waals surface area contributed by atoms with Crippen LogP contribution in [0.2, 0.25) is 0 Å². The summed E-state index contributed by atoms with van der Waals surface area (Å²) in [7, 11) is 0. The summed E-state index contributed by atoms with van der Waals surface area (Å²) in [6.07, 6.45) is 1.38. The van der Waals surface area contributed by atoms with Crippen molar-refractivity contribution in [2.45, 2.75) is 114 Å². The summed E-state index contributed by atoms with van der Waals surface area (Å²) in [6, 6.07) is 10.2. The van der Waals surface area contributed by atoms with Gasteiger partial charge in [-0.3, -0.25) is 0 Å². The summed E-state index contributed by atoms with van der Waals surface area (Å²) in [6.45, 7) is 11.4. The van der Waals surface area contributed by atoms with Gasteiger partial charge in [-0.25, -0.2) is 19.4 Å². The predicted molar refractivity (Wildman–Crippen MR) is 156 cm³/mol. The van der Waals surface area contributed by atoms with Crippen molar-refractivity contribution in [2.75, 3.05) is 11.1 Å². The SMILES string of the molecule is CCCSc1nc(N[C@@H]2C[C@H]2c2ccccc2)c2nnn([C@H]3C[C@@H](NC(=O)OC(C)(C)C)[C@@H]4OC(C)(C)O[C@@H]43)c2n1. The molecule has 220 valence electrons. The fourth-order valence-corrected chi connectivity index (χ4v) is 6.48. The Hall–Kier alpha value is -2.96. The van der Waals surface area contributed by atoms with Crippen molar-refractivity contribution in [1.29, 1.82) is 0 Å². The maximum absolute atomic E-state index is 12.7. The van der Waals surface area contributed by atoms with Crippen LogP contribution in [0.25, 0.3) is 11.2 Å². The molecule has 11 nitrogen and oxygen atoms in total. The lowest BCUT2D eigenvalue weighted by molar-refractivity contribution is -0.158. The highest BCUT2D eigenvalue weighted by Crippen LogP contribution is 2.46. The van der Waals surface area contributed by atoms with Crippen LogP contribution >= 0.6 is 11.8 Å². The zero-order valence-electron chi connectivity index (χ0n) is 24.5. The average molecular weight is 582 g/mol. The second kappa shape index (κ2) is 10.7. The van der Waals surface area contributed by atoms with Crippen LogP contribution in [0.5, 0.6) is 0 Å². The van der Waals surface area contributed by atoms with Gasteiger partial charge >= 0.3 is 6.09 Å². The van der Waals surface area contributed by atoms with Gasteiger partial charge in [0.1, 0.15) is 17.8 Å². The van der Waals surface area contributed by atoms with Crippen LogP contribution in [-0.4, -0.2) is 72.5 Å². The van der Waals surface area contributed by atoms with Gasteiger partial charge in [-0.15, -0.1) is 5.10 Å². The Morgan fingerprint density at radius 2 is 1.88 bits per heavy atom. The van der Waals surface area contributed by atoms with Crippen molar-refractivity contribution >= 4 is 34.8 Å². The van der Waals surface area contributed by atoms with Crippen LogP contribution in [0.3, 0.4) is 0 Å². The number of amides is 1. The number of thioether (sulfide) groups is 1. The highest BCUT2D eigenvalue weighted by Gasteiger charge is 2.56. The van der Waals surface area contributed by atoms with E-state index in [0.717, 1.165) is 18.6 Å². The number of anilines is 1. The highest BCUT2D eigenvalue weighted by atomic mass is 32.2. The number of ether oxygens (including phenoxy) is 3. The quantitative estimate of drug-likeness (QED) is 0.276. The summed E-state index contributed by atoms with van der Waals surface area (Å²) in [5.41, 5.74) is 1.99. The van der Waals surface area contributed by atoms with Gasteiger partial charge in [0.05, 0.1) is 12.1 Å². The Morgan fingerprint density at radius 1 is 1.12 bits per heavy atom. The lowest BCUT2D eigenvalue weighted by Crippen LogP contribution is -2.45. The summed E-state index contributed by atoms with van der Waals surface area (Å²) in [5.74, 6) is 1.24. The van der Waals surface area contributed by atoms with E-state index in [9.17, 15) is 4.79 Å². The number of rotatable bonds is 8. The molecule has 3 heterocycles. The van der Waals surface area contributed by atoms with E-state index >= 15 is 0 Å². The number of fused-ring (bicyclic) bond motifs is 2. The standard InChI is InChI=1S/C29H39N7O4S/c1-7-13-41-26-32-24(30-18-14-17(18)16-11-9-8-10-12-16)21-25(33-26)36(35-34-21)20-15-19(31-27(37)40-28(2,3)4)22-23(20)39-29(5,6)38-22/h8-12,17-20,22-23H,7,13-15H2,1-6H3,(H,31,37)(H,30,32,33)/t17-,18+,19+,20-,22-,23+/m0/s1. The van der Waals surface area contributed by atoms with Crippen LogP contribution in [0, 0.1) is 0 Å². The number of benzene rings is 1. The van der Waals surface area contributed by atoms with E-state index in [1.807, 2.05) is 45.4 Å². The Labute approximate surface area is 244 Å². The first-order valence-electron chi connectivity index (χ1n) is 14.4. The fourth-order valence-electron chi connectivity index (χ4n) is 5.78. The Balaban J connectivity index is 1.30. The van der Waals surface area contributed by atoms with Gasteiger partial charge in [0, 0.05) is 17.7 Å². The molecule has 41 heavy (non-hydrogen) atoms. The number of nitrogens with zero attached hydrogens (tertiary/aromatic N) is 5. The number of alkyl carbamates (subject to hydrolysis) is 1. The van der Waals surface area contributed by atoms with E-state index < -0.39 is 17.5 Å². The highest BCUT2D eigenvalue weighted by molar-refractivity contribution is 7.99. The average Bonchev–Trinajstić information content (AvgIpc) is 3.25. The number of hydrogen-bond acceptors (Lipinski definition) is 10. The number of carbonyl (C=O) groups is 1. The molecule has 6 atom stereocenters. The molecule has 0 spiro atoms. The first-order chi connectivity index (χ1) is 19.5. The van der Waals surface area contributed by atoms with Gasteiger partial charge in [-0.2, -0.15) is 0 Å². The molecule has 1 aliphatic heterocycles. The zero-order chi connectivity index (χ0) is 28.9. The molecule has 3 fully saturated rings. The van der Waals surface area contributed by atoms with Gasteiger partial charge in [-0.1, -0.05) is 54.2 Å². The Bertz CT molecular complexity index is 1410. The molecular weight excluding hydrogens is 542 g/mol. The molecule has 3 aromatic rings. The fraction of sp³-hybridized carbons (Fsp3) is 0.621. The maximum atomic E-state index is 12.7. The van der Waals surface area contributed by atoms with E-state index in [1.54, 1.807) is 11.8 Å². The van der Waals surface area contributed by atoms with Gasteiger partial charge in [-0.05, 0) is 59.4 Å². The van der Waals surface area contributed by atoms with Crippen molar-refractivity contribution in [2.24, 2.45) is 0 Å². The van der Waals surface area contributed by atoms with E-state index in [-0.39, 0.29) is 30.3 Å². The normalized spacial score (nSPS) is 28.4. The second-order valence-corrected chi connectivity index (χ2v) is 13.6. The first-order valence-corrected chi connectivity index (χ1v) is 15.4. The number of carbonyl (C=O) groups excluding carboxylic acids is 1. The molecule has 1 amide bonds. The van der Waals surface area contributed by atoms with Crippen molar-refractivity contribution in [3.05, 3.63) is 35.9 Å². The molecule has 1 saturated heterocycles. The number of nitrogens with one attached hydrogen (secondary N) is 2. The summed E-state index contributed by atoms with van der Waals surface area (Å²) in [4.78, 5) is 22.5. The van der Waals surface area contributed by atoms with Gasteiger partial charge in [0.2, 0.25) is 0 Å². The molecule has 2 aromatic heterocycles. The maximum Gasteiger partial charge on any atom is 0.407 e. The predicted octanol–water partition coefficient (Wildman–Crippen LogP) is 5.05. The Morgan fingerprint density at radius 3 is 2.61 bits per heavy atom. The lowest BCUT2D eigenvalue weighted by Gasteiger charge is -2.25. The summed E-state index contributed by atoms with van der Waals surface area (Å²) >= 11 is 1.62. The molecule has 0 unspecified atom stereocenters. The molecule has 0 radical (unpaired) electrons. The molecule has 1 aromatic carbocycles. The lowest BCUT2D eigenvalue weighted by atomic mass is 10.1. The van der Waals surface area contributed by atoms with Crippen molar-refractivity contribution in [3.8, 4) is 0 Å². The zero-order valence-corrected chi connectivity index (χ0v) is 25.3. The monoisotopic (exact) mass is 581 g/mol. The van der Waals surface area contributed by atoms with Crippen LogP contribution < -0.4 is 10.6 Å². The molecule has 12 heteroatoms. The third kappa shape index (κ3) is 6.00. The third-order valence-corrected chi connectivity index (χ3v) is 8.58. The molecule has 2 N–H and O–H groups in total. The van der Waals surface area contributed by atoms with Gasteiger partial charge < -0.3 is 24.8 Å². The van der Waals surface area contributed by atoms with Crippen LogP contribution in [0.1, 0.15) is 78.3 Å². The Kier molecular flexibility index (Phi) is 7.36. The summed E-state index contributed by atoms with van der Waals surface area (Å²) < 4.78 is 20.0. The number of hydrogen-bond donors (Lipinski definition) is 2. The van der Waals surface area contributed by atoms with Gasteiger partial charge in [0.15, 0.2) is 27.9 Å². The molecule has 6 rings (SSSR count). The van der Waals surface area contributed by atoms with Crippen molar-refractivity contribution in [1.82, 2.24) is 30.3 Å². The van der Waals surface area contributed by atoms with E-state index in [0.29, 0.717) is 34.5 Å². The molecule has 0 bridgehead atoms. The molecule has 3 aliphatic rings. The topological polar surface area (TPSA) is 125 Å². The second-order valence-electron chi connectivity index (χ2n) is 12.5. The summed E-state index contributed by atoms with van der Waals surface area (Å²) in [5, 5.41) is 16.5. The molecular formula is C29H39N7O4S. The van der Waals surface area contributed by atoms with Crippen LogP contribution in [0.4, 0.5) is 10.6 Å². The molecule has 2 aliphatic carbocycles. The van der Waals surface area contributed by atoms with Crippen LogP contribution in [0.15, 0.2) is 35.5 Å². The third-order valence-electron chi connectivity index (χ3n) is 7.53. The van der Waals surface area contributed by atoms with Crippen LogP contribution in [-0.2, 0) is 14.2 Å². The van der Waals surface area contributed by atoms with Gasteiger partial charge in [0.25, 0.3) is 0 Å². The minimum absolute atomic E-state index is 0.253. The van der Waals surface area contributed by atoms with E-state index in [1.165, 1.54) is 5.56 Å². The number of aromatic nitrogens is 5. The molecule has 2 saturated carbocycles. The minimum atomic E-state index is -0.805. The smallest absolute Gasteiger partial charge is 0.407 e. The van der Waals surface area contributed by atoms with Crippen molar-refractivity contribution < 1.29 is 19.0 Å².